The molecule has 1 atom stereocenters. The van der Waals surface area contributed by atoms with Crippen LogP contribution in [-0.4, -0.2) is 56.7 Å². The predicted molar refractivity (Wildman–Crippen MR) is 92.6 cm³/mol. The lowest BCUT2D eigenvalue weighted by atomic mass is 10.1. The minimum absolute atomic E-state index is 0.0964. The molecule has 0 spiro atoms. The lowest BCUT2D eigenvalue weighted by Crippen LogP contribution is -2.47. The molecule has 2 aliphatic heterocycles. The molecule has 2 heterocycles. The highest BCUT2D eigenvalue weighted by atomic mass is 32.2. The monoisotopic (exact) mass is 369 g/mol. The van der Waals surface area contributed by atoms with Crippen LogP contribution in [-0.2, 0) is 25.9 Å². The maximum Gasteiger partial charge on any atom is 0.335 e. The van der Waals surface area contributed by atoms with Crippen LogP contribution in [0, 0.1) is 0 Å². The van der Waals surface area contributed by atoms with Crippen molar-refractivity contribution in [2.45, 2.75) is 38.4 Å². The number of nitrogens with zero attached hydrogens (tertiary/aromatic N) is 1. The number of rotatable bonds is 6. The average Bonchev–Trinajstić information content (AvgIpc) is 3.12. The number of fused-ring (bicyclic) bond motifs is 1. The van der Waals surface area contributed by atoms with Gasteiger partial charge in [-0.3, -0.25) is 4.31 Å². The molecule has 7 nitrogen and oxygen atoms in total. The van der Waals surface area contributed by atoms with Gasteiger partial charge in [0.2, 0.25) is 10.0 Å². The summed E-state index contributed by atoms with van der Waals surface area (Å²) in [7, 11) is -3.61. The minimum Gasteiger partial charge on any atom is -0.478 e. The van der Waals surface area contributed by atoms with E-state index < -0.39 is 21.6 Å². The fraction of sp³-hybridized carbons (Fsp3) is 0.588. The molecule has 0 radical (unpaired) electrons. The number of hydrogen-bond acceptors (Lipinski definition) is 5. The summed E-state index contributed by atoms with van der Waals surface area (Å²) in [6.45, 7) is 4.83. The molecular formula is C17H23NO6S. The number of benzene rings is 1. The van der Waals surface area contributed by atoms with Gasteiger partial charge in [0.1, 0.15) is 11.4 Å². The number of hydrogen-bond donors (Lipinski definition) is 1. The quantitative estimate of drug-likeness (QED) is 0.820. The molecule has 0 aliphatic carbocycles. The van der Waals surface area contributed by atoms with Gasteiger partial charge in [0, 0.05) is 19.6 Å². The molecule has 138 valence electrons. The van der Waals surface area contributed by atoms with Crippen molar-refractivity contribution in [3.8, 4) is 0 Å². The Bertz CT molecular complexity index is 767. The predicted octanol–water partition coefficient (Wildman–Crippen LogP) is 1.66. The number of anilines is 1. The first kappa shape index (κ1) is 18.2. The third-order valence-corrected chi connectivity index (χ3v) is 6.46. The zero-order valence-corrected chi connectivity index (χ0v) is 15.2. The summed E-state index contributed by atoms with van der Waals surface area (Å²) in [4.78, 5) is 11.1. The van der Waals surface area contributed by atoms with Gasteiger partial charge in [-0.15, -0.1) is 0 Å². The van der Waals surface area contributed by atoms with Gasteiger partial charge in [-0.25, -0.2) is 13.2 Å². The first-order valence-corrected chi connectivity index (χ1v) is 9.96. The van der Waals surface area contributed by atoms with Gasteiger partial charge in [-0.1, -0.05) is 0 Å². The molecule has 0 bridgehead atoms. The molecule has 8 heteroatoms. The summed E-state index contributed by atoms with van der Waals surface area (Å²) in [6.07, 6.45) is 0.952. The van der Waals surface area contributed by atoms with Crippen LogP contribution in [0.4, 0.5) is 5.69 Å². The molecule has 1 aromatic rings. The van der Waals surface area contributed by atoms with E-state index in [9.17, 15) is 13.2 Å². The Balaban J connectivity index is 1.86. The van der Waals surface area contributed by atoms with Crippen LogP contribution in [0.15, 0.2) is 18.2 Å². The second-order valence-electron chi connectivity index (χ2n) is 6.88. The Hall–Kier alpha value is -1.64. The van der Waals surface area contributed by atoms with E-state index in [0.717, 1.165) is 5.56 Å². The van der Waals surface area contributed by atoms with Crippen molar-refractivity contribution in [2.24, 2.45) is 0 Å². The fourth-order valence-electron chi connectivity index (χ4n) is 3.53. The highest BCUT2D eigenvalue weighted by Crippen LogP contribution is 2.34. The molecule has 0 amide bonds. The SMILES string of the molecule is CC(C)OC1(CS(=O)(=O)N2CCc3cc(C(=O)O)ccc32)CCOC1. The second kappa shape index (κ2) is 6.59. The van der Waals surface area contributed by atoms with Gasteiger partial charge >= 0.3 is 5.97 Å². The van der Waals surface area contributed by atoms with Crippen LogP contribution in [0.2, 0.25) is 0 Å². The Morgan fingerprint density at radius 2 is 2.20 bits per heavy atom. The van der Waals surface area contributed by atoms with E-state index in [1.807, 2.05) is 13.8 Å². The Labute approximate surface area is 147 Å². The van der Waals surface area contributed by atoms with Crippen LogP contribution in [0.5, 0.6) is 0 Å². The van der Waals surface area contributed by atoms with Gasteiger partial charge in [0.05, 0.1) is 24.0 Å². The number of carboxylic acid groups (broad SMARTS) is 1. The lowest BCUT2D eigenvalue weighted by Gasteiger charge is -2.32. The lowest BCUT2D eigenvalue weighted by molar-refractivity contribution is -0.0670. The molecule has 1 fully saturated rings. The van der Waals surface area contributed by atoms with Crippen molar-refractivity contribution >= 4 is 21.7 Å². The molecule has 1 unspecified atom stereocenters. The van der Waals surface area contributed by atoms with Gasteiger partial charge in [0.15, 0.2) is 0 Å². The topological polar surface area (TPSA) is 93.1 Å². The van der Waals surface area contributed by atoms with Crippen LogP contribution in [0.25, 0.3) is 0 Å². The Morgan fingerprint density at radius 1 is 1.44 bits per heavy atom. The fourth-order valence-corrected chi connectivity index (χ4v) is 5.50. The van der Waals surface area contributed by atoms with Crippen molar-refractivity contribution in [2.75, 3.05) is 29.8 Å². The summed E-state index contributed by atoms with van der Waals surface area (Å²) in [5.74, 6) is -1.16. The van der Waals surface area contributed by atoms with E-state index in [2.05, 4.69) is 0 Å². The molecule has 1 N–H and O–H groups in total. The summed E-state index contributed by atoms with van der Waals surface area (Å²) < 4.78 is 38.8. The molecule has 1 saturated heterocycles. The Kier molecular flexibility index (Phi) is 4.78. The molecule has 0 saturated carbocycles. The van der Waals surface area contributed by atoms with E-state index >= 15 is 0 Å². The second-order valence-corrected chi connectivity index (χ2v) is 8.77. The first-order chi connectivity index (χ1) is 11.7. The maximum absolute atomic E-state index is 13.0. The summed E-state index contributed by atoms with van der Waals surface area (Å²) >= 11 is 0. The minimum atomic E-state index is -3.61. The van der Waals surface area contributed by atoms with Crippen molar-refractivity contribution in [3.05, 3.63) is 29.3 Å². The third kappa shape index (κ3) is 3.65. The van der Waals surface area contributed by atoms with Crippen molar-refractivity contribution in [3.63, 3.8) is 0 Å². The summed E-state index contributed by atoms with van der Waals surface area (Å²) in [6, 6.07) is 4.56. The first-order valence-electron chi connectivity index (χ1n) is 8.35. The van der Waals surface area contributed by atoms with Crippen LogP contribution >= 0.6 is 0 Å². The molecular weight excluding hydrogens is 346 g/mol. The summed E-state index contributed by atoms with van der Waals surface area (Å²) in [5, 5.41) is 9.09. The number of ether oxygens (including phenoxy) is 2. The number of carbonyl (C=O) groups is 1. The van der Waals surface area contributed by atoms with Crippen molar-refractivity contribution in [1.29, 1.82) is 0 Å². The largest absolute Gasteiger partial charge is 0.478 e. The van der Waals surface area contributed by atoms with Gasteiger partial charge < -0.3 is 14.6 Å². The molecule has 2 aliphatic rings. The van der Waals surface area contributed by atoms with Gasteiger partial charge in [0.25, 0.3) is 0 Å². The van der Waals surface area contributed by atoms with E-state index in [0.29, 0.717) is 31.7 Å². The molecule has 3 rings (SSSR count). The molecule has 1 aromatic carbocycles. The zero-order valence-electron chi connectivity index (χ0n) is 14.4. The maximum atomic E-state index is 13.0. The van der Waals surface area contributed by atoms with E-state index in [-0.39, 0.29) is 24.0 Å². The summed E-state index contributed by atoms with van der Waals surface area (Å²) in [5.41, 5.74) is 0.645. The highest BCUT2D eigenvalue weighted by molar-refractivity contribution is 7.92. The van der Waals surface area contributed by atoms with E-state index in [1.54, 1.807) is 12.1 Å². The van der Waals surface area contributed by atoms with Crippen LogP contribution < -0.4 is 4.31 Å². The number of carboxylic acids is 1. The third-order valence-electron chi connectivity index (χ3n) is 4.51. The molecule has 25 heavy (non-hydrogen) atoms. The van der Waals surface area contributed by atoms with Crippen molar-refractivity contribution < 1.29 is 27.8 Å². The Morgan fingerprint density at radius 3 is 2.80 bits per heavy atom. The number of sulfonamides is 1. The number of aromatic carboxylic acids is 1. The molecule has 0 aromatic heterocycles. The standard InChI is InChI=1S/C17H23NO6S/c1-12(2)24-17(6-8-23-10-17)11-25(21,22)18-7-5-13-9-14(16(19)20)3-4-15(13)18/h3-4,9,12H,5-8,10-11H2,1-2H3,(H,19,20). The smallest absolute Gasteiger partial charge is 0.335 e. The van der Waals surface area contributed by atoms with Crippen LogP contribution in [0.1, 0.15) is 36.2 Å². The van der Waals surface area contributed by atoms with E-state index in [4.69, 9.17) is 14.6 Å². The average molecular weight is 369 g/mol. The van der Waals surface area contributed by atoms with Gasteiger partial charge in [-0.2, -0.15) is 0 Å². The highest BCUT2D eigenvalue weighted by Gasteiger charge is 2.44. The zero-order chi connectivity index (χ0) is 18.2. The van der Waals surface area contributed by atoms with Gasteiger partial charge in [-0.05, 0) is 44.0 Å². The van der Waals surface area contributed by atoms with Crippen LogP contribution in [0.3, 0.4) is 0 Å². The van der Waals surface area contributed by atoms with E-state index in [1.165, 1.54) is 10.4 Å². The van der Waals surface area contributed by atoms with Crippen molar-refractivity contribution in [1.82, 2.24) is 0 Å². The normalized spacial score (nSPS) is 23.2.